The van der Waals surface area contributed by atoms with Crippen LogP contribution in [0.2, 0.25) is 0 Å². The number of hydrogen-bond acceptors (Lipinski definition) is 1. The maximum Gasteiger partial charge on any atom is 0.418 e. The topological polar surface area (TPSA) is 12.9 Å². The molecule has 0 radical (unpaired) electrons. The summed E-state index contributed by atoms with van der Waals surface area (Å²) in [5.74, 6) is 0. The molecule has 0 aliphatic rings. The summed E-state index contributed by atoms with van der Waals surface area (Å²) in [6.45, 7) is 0. The standard InChI is InChI=1S/C6H3F3IN/c7-6(8,9)4-2-1-3-11-5(4)10/h1-3H. The Kier molecular flexibility index (Phi) is 2.36. The first kappa shape index (κ1) is 8.76. The Morgan fingerprint density at radius 2 is 2.00 bits per heavy atom. The van der Waals surface area contributed by atoms with Gasteiger partial charge in [-0.15, -0.1) is 0 Å². The van der Waals surface area contributed by atoms with Crippen molar-refractivity contribution in [1.29, 1.82) is 0 Å². The van der Waals surface area contributed by atoms with Crippen molar-refractivity contribution in [3.63, 3.8) is 0 Å². The number of aromatic nitrogens is 1. The number of pyridine rings is 1. The monoisotopic (exact) mass is 273 g/mol. The van der Waals surface area contributed by atoms with Crippen LogP contribution in [0, 0.1) is 3.70 Å². The van der Waals surface area contributed by atoms with E-state index in [1.54, 1.807) is 22.6 Å². The van der Waals surface area contributed by atoms with Gasteiger partial charge >= 0.3 is 6.18 Å². The molecule has 1 heterocycles. The molecule has 1 aromatic heterocycles. The molecule has 1 rings (SSSR count). The molecule has 0 saturated carbocycles. The quantitative estimate of drug-likeness (QED) is 0.523. The summed E-state index contributed by atoms with van der Waals surface area (Å²) in [5, 5.41) is 0. The van der Waals surface area contributed by atoms with Gasteiger partial charge in [0.25, 0.3) is 0 Å². The Bertz CT molecular complexity index is 258. The first-order valence-corrected chi connectivity index (χ1v) is 3.77. The molecule has 60 valence electrons. The minimum atomic E-state index is -4.29. The summed E-state index contributed by atoms with van der Waals surface area (Å²) in [5.41, 5.74) is -0.680. The van der Waals surface area contributed by atoms with Crippen molar-refractivity contribution in [2.24, 2.45) is 0 Å². The van der Waals surface area contributed by atoms with Gasteiger partial charge in [-0.1, -0.05) is 0 Å². The molecule has 1 aromatic rings. The van der Waals surface area contributed by atoms with Gasteiger partial charge in [-0.25, -0.2) is 4.98 Å². The molecule has 0 fully saturated rings. The van der Waals surface area contributed by atoms with Gasteiger partial charge in [-0.3, -0.25) is 0 Å². The molecule has 0 amide bonds. The number of hydrogen-bond donors (Lipinski definition) is 0. The number of rotatable bonds is 0. The lowest BCUT2D eigenvalue weighted by Crippen LogP contribution is -2.07. The zero-order chi connectivity index (χ0) is 8.48. The second kappa shape index (κ2) is 2.96. The van der Waals surface area contributed by atoms with Crippen LogP contribution in [-0.4, -0.2) is 4.98 Å². The Balaban J connectivity index is 3.14. The average molecular weight is 273 g/mol. The van der Waals surface area contributed by atoms with Gasteiger partial charge < -0.3 is 0 Å². The van der Waals surface area contributed by atoms with Crippen LogP contribution in [0.5, 0.6) is 0 Å². The van der Waals surface area contributed by atoms with E-state index in [0.717, 1.165) is 6.07 Å². The highest BCUT2D eigenvalue weighted by atomic mass is 127. The molecule has 11 heavy (non-hydrogen) atoms. The summed E-state index contributed by atoms with van der Waals surface area (Å²) in [4.78, 5) is 3.51. The van der Waals surface area contributed by atoms with Crippen LogP contribution >= 0.6 is 22.6 Å². The maximum absolute atomic E-state index is 12.0. The van der Waals surface area contributed by atoms with Crippen molar-refractivity contribution in [2.45, 2.75) is 6.18 Å². The molecule has 5 heteroatoms. The maximum atomic E-state index is 12.0. The lowest BCUT2D eigenvalue weighted by molar-refractivity contribution is -0.138. The predicted octanol–water partition coefficient (Wildman–Crippen LogP) is 2.71. The molecule has 0 saturated heterocycles. The Morgan fingerprint density at radius 3 is 2.36 bits per heavy atom. The number of alkyl halides is 3. The molecule has 1 nitrogen and oxygen atoms in total. The van der Waals surface area contributed by atoms with E-state index in [1.165, 1.54) is 12.3 Å². The van der Waals surface area contributed by atoms with Gasteiger partial charge in [0.05, 0.1) is 5.56 Å². The van der Waals surface area contributed by atoms with E-state index >= 15 is 0 Å². The number of halogens is 4. The van der Waals surface area contributed by atoms with E-state index in [2.05, 4.69) is 4.98 Å². The highest BCUT2D eigenvalue weighted by Gasteiger charge is 2.32. The van der Waals surface area contributed by atoms with Crippen LogP contribution < -0.4 is 0 Å². The molecule has 0 aromatic carbocycles. The largest absolute Gasteiger partial charge is 0.418 e. The lowest BCUT2D eigenvalue weighted by Gasteiger charge is -2.06. The Hall–Kier alpha value is -0.330. The highest BCUT2D eigenvalue weighted by molar-refractivity contribution is 14.1. The van der Waals surface area contributed by atoms with Gasteiger partial charge in [0.15, 0.2) is 0 Å². The predicted molar refractivity (Wildman–Crippen MR) is 42.0 cm³/mol. The minimum absolute atomic E-state index is 0.0161. The summed E-state index contributed by atoms with van der Waals surface area (Å²) in [6, 6.07) is 2.28. The fourth-order valence-electron chi connectivity index (χ4n) is 0.597. The van der Waals surface area contributed by atoms with Gasteiger partial charge in [0.1, 0.15) is 3.70 Å². The summed E-state index contributed by atoms with van der Waals surface area (Å²) < 4.78 is 36.0. The fraction of sp³-hybridized carbons (Fsp3) is 0.167. The third kappa shape index (κ3) is 2.05. The first-order chi connectivity index (χ1) is 5.02. The molecular formula is C6H3F3IN. The van der Waals surface area contributed by atoms with Crippen LogP contribution in [0.25, 0.3) is 0 Å². The van der Waals surface area contributed by atoms with Crippen molar-refractivity contribution < 1.29 is 13.2 Å². The number of nitrogens with zero attached hydrogens (tertiary/aromatic N) is 1. The van der Waals surface area contributed by atoms with Crippen LogP contribution in [0.1, 0.15) is 5.56 Å². The third-order valence-corrected chi connectivity index (χ3v) is 1.92. The van der Waals surface area contributed by atoms with E-state index in [1.807, 2.05) is 0 Å². The minimum Gasteiger partial charge on any atom is -0.250 e. The van der Waals surface area contributed by atoms with Crippen molar-refractivity contribution in [1.82, 2.24) is 4.98 Å². The van der Waals surface area contributed by atoms with Gasteiger partial charge in [-0.2, -0.15) is 13.2 Å². The normalized spacial score (nSPS) is 11.6. The molecule has 0 aliphatic carbocycles. The van der Waals surface area contributed by atoms with E-state index in [0.29, 0.717) is 0 Å². The summed E-state index contributed by atoms with van der Waals surface area (Å²) >= 11 is 1.55. The molecule has 0 N–H and O–H groups in total. The smallest absolute Gasteiger partial charge is 0.250 e. The van der Waals surface area contributed by atoms with E-state index < -0.39 is 11.7 Å². The van der Waals surface area contributed by atoms with E-state index in [9.17, 15) is 13.2 Å². The van der Waals surface area contributed by atoms with E-state index in [4.69, 9.17) is 0 Å². The van der Waals surface area contributed by atoms with Crippen LogP contribution in [0.3, 0.4) is 0 Å². The summed E-state index contributed by atoms with van der Waals surface area (Å²) in [7, 11) is 0. The van der Waals surface area contributed by atoms with Crippen molar-refractivity contribution >= 4 is 22.6 Å². The molecule has 0 aliphatic heterocycles. The van der Waals surface area contributed by atoms with Gasteiger partial charge in [0.2, 0.25) is 0 Å². The first-order valence-electron chi connectivity index (χ1n) is 2.69. The molecule has 0 unspecified atom stereocenters. The fourth-order valence-corrected chi connectivity index (χ4v) is 1.24. The van der Waals surface area contributed by atoms with Crippen LogP contribution in [0.15, 0.2) is 18.3 Å². The van der Waals surface area contributed by atoms with Gasteiger partial charge in [-0.05, 0) is 34.7 Å². The summed E-state index contributed by atoms with van der Waals surface area (Å²) in [6.07, 6.45) is -2.96. The molecule has 0 bridgehead atoms. The van der Waals surface area contributed by atoms with Crippen LogP contribution in [-0.2, 0) is 6.18 Å². The van der Waals surface area contributed by atoms with Crippen LogP contribution in [0.4, 0.5) is 13.2 Å². The second-order valence-electron chi connectivity index (χ2n) is 1.84. The zero-order valence-electron chi connectivity index (χ0n) is 5.19. The molecule has 0 atom stereocenters. The van der Waals surface area contributed by atoms with E-state index in [-0.39, 0.29) is 3.70 Å². The second-order valence-corrected chi connectivity index (χ2v) is 2.86. The zero-order valence-corrected chi connectivity index (χ0v) is 7.35. The third-order valence-electron chi connectivity index (χ3n) is 1.06. The molecule has 0 spiro atoms. The Morgan fingerprint density at radius 1 is 1.36 bits per heavy atom. The highest BCUT2D eigenvalue weighted by Crippen LogP contribution is 2.31. The molecular weight excluding hydrogens is 270 g/mol. The Labute approximate surface area is 74.8 Å². The van der Waals surface area contributed by atoms with Crippen molar-refractivity contribution in [3.05, 3.63) is 27.6 Å². The van der Waals surface area contributed by atoms with Gasteiger partial charge in [0, 0.05) is 6.20 Å². The van der Waals surface area contributed by atoms with Crippen molar-refractivity contribution in [2.75, 3.05) is 0 Å². The average Bonchev–Trinajstić information content (AvgIpc) is 1.86. The lowest BCUT2D eigenvalue weighted by atomic mass is 10.3. The SMILES string of the molecule is FC(F)(F)c1cccnc1I. The van der Waals surface area contributed by atoms with Crippen molar-refractivity contribution in [3.8, 4) is 0 Å².